The first-order chi connectivity index (χ1) is 11.2. The molecule has 23 heavy (non-hydrogen) atoms. The fourth-order valence-corrected chi connectivity index (χ4v) is 2.18. The third-order valence-corrected chi connectivity index (χ3v) is 3.27. The third-order valence-electron chi connectivity index (χ3n) is 3.27. The Kier molecular flexibility index (Phi) is 6.77. The number of ether oxygens (including phenoxy) is 4. The highest BCUT2D eigenvalue weighted by atomic mass is 16.7. The molecule has 1 aromatic rings. The van der Waals surface area contributed by atoms with Gasteiger partial charge in [0.2, 0.25) is 0 Å². The second kappa shape index (κ2) is 9.07. The first-order valence-electron chi connectivity index (χ1n) is 7.49. The smallest absolute Gasteiger partial charge is 0.333 e. The zero-order valence-electron chi connectivity index (χ0n) is 12.9. The van der Waals surface area contributed by atoms with Crippen LogP contribution in [0.4, 0.5) is 0 Å². The molecular formula is C17H20O6. The van der Waals surface area contributed by atoms with E-state index in [1.54, 1.807) is 6.92 Å². The molecule has 0 bridgehead atoms. The van der Waals surface area contributed by atoms with Crippen molar-refractivity contribution in [3.63, 3.8) is 0 Å². The lowest BCUT2D eigenvalue weighted by Crippen LogP contribution is -2.41. The molecule has 1 saturated heterocycles. The SMILES string of the molecule is CCOC(=O)/C=C/O[C@@H]1COC(c2ccccc2)O[C@H]1CC=O. The molecule has 0 aromatic heterocycles. The fourth-order valence-electron chi connectivity index (χ4n) is 2.18. The van der Waals surface area contributed by atoms with Crippen molar-refractivity contribution < 1.29 is 28.5 Å². The van der Waals surface area contributed by atoms with Crippen molar-refractivity contribution in [2.45, 2.75) is 31.8 Å². The molecule has 1 fully saturated rings. The summed E-state index contributed by atoms with van der Waals surface area (Å²) < 4.78 is 21.7. The van der Waals surface area contributed by atoms with Gasteiger partial charge >= 0.3 is 5.97 Å². The number of aldehydes is 1. The van der Waals surface area contributed by atoms with Crippen molar-refractivity contribution >= 4 is 12.3 Å². The van der Waals surface area contributed by atoms with Crippen LogP contribution in [0.2, 0.25) is 0 Å². The van der Waals surface area contributed by atoms with Crippen molar-refractivity contribution in [3.05, 3.63) is 48.2 Å². The monoisotopic (exact) mass is 320 g/mol. The van der Waals surface area contributed by atoms with Gasteiger partial charge in [0.25, 0.3) is 0 Å². The summed E-state index contributed by atoms with van der Waals surface area (Å²) in [5.41, 5.74) is 0.879. The molecule has 3 atom stereocenters. The van der Waals surface area contributed by atoms with E-state index >= 15 is 0 Å². The van der Waals surface area contributed by atoms with Crippen LogP contribution in [-0.4, -0.2) is 37.7 Å². The van der Waals surface area contributed by atoms with E-state index in [-0.39, 0.29) is 13.0 Å². The van der Waals surface area contributed by atoms with E-state index < -0.39 is 24.5 Å². The molecule has 0 amide bonds. The van der Waals surface area contributed by atoms with Gasteiger partial charge in [-0.3, -0.25) is 0 Å². The summed E-state index contributed by atoms with van der Waals surface area (Å²) in [7, 11) is 0. The maximum Gasteiger partial charge on any atom is 0.333 e. The van der Waals surface area contributed by atoms with Crippen LogP contribution >= 0.6 is 0 Å². The van der Waals surface area contributed by atoms with Crippen molar-refractivity contribution in [1.82, 2.24) is 0 Å². The molecule has 6 nitrogen and oxygen atoms in total. The van der Waals surface area contributed by atoms with Crippen LogP contribution in [0, 0.1) is 0 Å². The fraction of sp³-hybridized carbons (Fsp3) is 0.412. The van der Waals surface area contributed by atoms with Crippen LogP contribution in [0.15, 0.2) is 42.7 Å². The van der Waals surface area contributed by atoms with Crippen molar-refractivity contribution in [2.24, 2.45) is 0 Å². The number of esters is 1. The van der Waals surface area contributed by atoms with Gasteiger partial charge in [0.15, 0.2) is 6.29 Å². The average molecular weight is 320 g/mol. The average Bonchev–Trinajstić information content (AvgIpc) is 2.57. The topological polar surface area (TPSA) is 71.1 Å². The van der Waals surface area contributed by atoms with Crippen LogP contribution in [0.3, 0.4) is 0 Å². The lowest BCUT2D eigenvalue weighted by molar-refractivity contribution is -0.256. The Bertz CT molecular complexity index is 527. The lowest BCUT2D eigenvalue weighted by atomic mass is 10.1. The Balaban J connectivity index is 1.94. The summed E-state index contributed by atoms with van der Waals surface area (Å²) in [6.07, 6.45) is 1.95. The molecule has 1 aromatic carbocycles. The summed E-state index contributed by atoms with van der Waals surface area (Å²) in [6, 6.07) is 9.47. The van der Waals surface area contributed by atoms with Gasteiger partial charge in [-0.15, -0.1) is 0 Å². The van der Waals surface area contributed by atoms with Gasteiger partial charge in [0.05, 0.1) is 25.6 Å². The Morgan fingerprint density at radius 2 is 2.13 bits per heavy atom. The van der Waals surface area contributed by atoms with Crippen molar-refractivity contribution in [1.29, 1.82) is 0 Å². The Morgan fingerprint density at radius 1 is 1.35 bits per heavy atom. The van der Waals surface area contributed by atoms with E-state index in [4.69, 9.17) is 18.9 Å². The minimum absolute atomic E-state index is 0.185. The third kappa shape index (κ3) is 5.19. The molecule has 0 aliphatic carbocycles. The molecule has 124 valence electrons. The van der Waals surface area contributed by atoms with E-state index in [0.29, 0.717) is 6.61 Å². The first kappa shape index (κ1) is 17.2. The molecule has 0 spiro atoms. The Morgan fingerprint density at radius 3 is 2.83 bits per heavy atom. The van der Waals surface area contributed by atoms with Crippen LogP contribution in [0.25, 0.3) is 0 Å². The van der Waals surface area contributed by atoms with Gasteiger partial charge in [0.1, 0.15) is 18.5 Å². The number of rotatable bonds is 7. The molecule has 1 unspecified atom stereocenters. The Labute approximate surface area is 135 Å². The number of carbonyl (C=O) groups is 2. The van der Waals surface area contributed by atoms with E-state index in [2.05, 4.69) is 0 Å². The van der Waals surface area contributed by atoms with E-state index in [9.17, 15) is 9.59 Å². The largest absolute Gasteiger partial charge is 0.493 e. The number of benzene rings is 1. The molecule has 6 heteroatoms. The summed E-state index contributed by atoms with van der Waals surface area (Å²) in [5.74, 6) is -0.487. The molecule has 1 aliphatic heterocycles. The maximum atomic E-state index is 11.2. The normalized spacial score (nSPS) is 24.3. The first-order valence-corrected chi connectivity index (χ1v) is 7.49. The highest BCUT2D eigenvalue weighted by Crippen LogP contribution is 2.28. The predicted octanol–water partition coefficient (Wildman–Crippen LogP) is 2.15. The second-order valence-electron chi connectivity index (χ2n) is 4.88. The van der Waals surface area contributed by atoms with Gasteiger partial charge in [-0.2, -0.15) is 0 Å². The Hall–Kier alpha value is -2.18. The van der Waals surface area contributed by atoms with Gasteiger partial charge < -0.3 is 23.7 Å². The lowest BCUT2D eigenvalue weighted by Gasteiger charge is -2.35. The molecule has 0 saturated carbocycles. The minimum atomic E-state index is -0.532. The molecular weight excluding hydrogens is 300 g/mol. The maximum absolute atomic E-state index is 11.2. The molecule has 0 radical (unpaired) electrons. The standard InChI is InChI=1S/C17H20O6/c1-2-20-16(19)9-11-21-15-12-22-17(23-14(15)8-10-18)13-6-4-3-5-7-13/h3-7,9-11,14-15,17H,2,8,12H2,1H3/b11-9+/t14-,15+,17?/m0/s1. The number of carbonyl (C=O) groups excluding carboxylic acids is 2. The summed E-state index contributed by atoms with van der Waals surface area (Å²) in [6.45, 7) is 2.27. The van der Waals surface area contributed by atoms with E-state index in [0.717, 1.165) is 11.8 Å². The van der Waals surface area contributed by atoms with Crippen LogP contribution in [0.1, 0.15) is 25.2 Å². The van der Waals surface area contributed by atoms with Crippen LogP contribution in [0.5, 0.6) is 0 Å². The van der Waals surface area contributed by atoms with Gasteiger partial charge in [-0.05, 0) is 6.92 Å². The molecule has 1 aliphatic rings. The highest BCUT2D eigenvalue weighted by Gasteiger charge is 2.33. The predicted molar refractivity (Wildman–Crippen MR) is 81.3 cm³/mol. The molecule has 2 rings (SSSR count). The van der Waals surface area contributed by atoms with Crippen molar-refractivity contribution in [2.75, 3.05) is 13.2 Å². The number of hydrogen-bond donors (Lipinski definition) is 0. The van der Waals surface area contributed by atoms with Gasteiger partial charge in [-0.25, -0.2) is 4.79 Å². The van der Waals surface area contributed by atoms with E-state index in [1.165, 1.54) is 12.3 Å². The zero-order valence-corrected chi connectivity index (χ0v) is 12.9. The van der Waals surface area contributed by atoms with Crippen LogP contribution in [-0.2, 0) is 28.5 Å². The van der Waals surface area contributed by atoms with Crippen LogP contribution < -0.4 is 0 Å². The van der Waals surface area contributed by atoms with Gasteiger partial charge in [0, 0.05) is 12.0 Å². The highest BCUT2D eigenvalue weighted by molar-refractivity contribution is 5.81. The zero-order chi connectivity index (χ0) is 16.5. The summed E-state index contributed by atoms with van der Waals surface area (Å²) >= 11 is 0. The van der Waals surface area contributed by atoms with E-state index in [1.807, 2.05) is 30.3 Å². The number of hydrogen-bond acceptors (Lipinski definition) is 6. The molecule has 0 N–H and O–H groups in total. The quantitative estimate of drug-likeness (QED) is 0.332. The van der Waals surface area contributed by atoms with Gasteiger partial charge in [-0.1, -0.05) is 30.3 Å². The summed E-state index contributed by atoms with van der Waals surface area (Å²) in [4.78, 5) is 22.1. The minimum Gasteiger partial charge on any atom is -0.493 e. The van der Waals surface area contributed by atoms with Crippen molar-refractivity contribution in [3.8, 4) is 0 Å². The second-order valence-corrected chi connectivity index (χ2v) is 4.88. The summed E-state index contributed by atoms with van der Waals surface area (Å²) in [5, 5.41) is 0. The molecule has 1 heterocycles.